The molecule has 3 aromatic rings. The van der Waals surface area contributed by atoms with Crippen molar-refractivity contribution < 1.29 is 45.8 Å². The van der Waals surface area contributed by atoms with Crippen LogP contribution in [0.2, 0.25) is 0 Å². The molecular formula is C28H37N5O10S2. The second-order valence-corrected chi connectivity index (χ2v) is 14.6. The molecule has 2 aliphatic rings. The zero-order chi connectivity index (χ0) is 32.0. The fraction of sp³-hybridized carbons (Fsp3) is 0.500. The first kappa shape index (κ1) is 33.1. The van der Waals surface area contributed by atoms with Crippen LogP contribution in [0.15, 0.2) is 53.4 Å². The molecule has 0 bridgehead atoms. The Morgan fingerprint density at radius 2 is 1.80 bits per heavy atom. The summed E-state index contributed by atoms with van der Waals surface area (Å²) in [5.74, 6) is -0.0652. The number of aromatic nitrogens is 2. The van der Waals surface area contributed by atoms with Gasteiger partial charge in [-0.25, -0.2) is 26.6 Å². The third-order valence-electron chi connectivity index (χ3n) is 7.32. The number of carbonyl (C=O) groups is 1. The van der Waals surface area contributed by atoms with Crippen molar-refractivity contribution in [1.29, 1.82) is 0 Å². The Morgan fingerprint density at radius 3 is 2.49 bits per heavy atom. The molecule has 0 unspecified atom stereocenters. The van der Waals surface area contributed by atoms with Crippen LogP contribution in [-0.2, 0) is 45.5 Å². The second kappa shape index (κ2) is 14.4. The Morgan fingerprint density at radius 1 is 1.09 bits per heavy atom. The van der Waals surface area contributed by atoms with Gasteiger partial charge in [0.25, 0.3) is 10.0 Å². The number of fused-ring (bicyclic) bond motifs is 1. The number of sulfonamides is 2. The number of hydrogen-bond donors (Lipinski definition) is 4. The fourth-order valence-electron chi connectivity index (χ4n) is 5.15. The summed E-state index contributed by atoms with van der Waals surface area (Å²) in [7, 11) is -8.00. The monoisotopic (exact) mass is 667 g/mol. The van der Waals surface area contributed by atoms with Gasteiger partial charge >= 0.3 is 6.09 Å². The van der Waals surface area contributed by atoms with Crippen molar-refractivity contribution in [2.45, 2.75) is 61.4 Å². The molecule has 15 nitrogen and oxygen atoms in total. The Balaban J connectivity index is 1.39. The third kappa shape index (κ3) is 9.12. The van der Waals surface area contributed by atoms with Gasteiger partial charge in [-0.2, -0.15) is 0 Å². The normalized spacial score (nSPS) is 18.2. The quantitative estimate of drug-likeness (QED) is 0.194. The van der Waals surface area contributed by atoms with Crippen molar-refractivity contribution in [3.8, 4) is 0 Å². The lowest BCUT2D eigenvalue weighted by Gasteiger charge is -2.31. The van der Waals surface area contributed by atoms with Gasteiger partial charge < -0.3 is 29.6 Å². The Labute approximate surface area is 261 Å². The maximum Gasteiger partial charge on any atom is 0.407 e. The van der Waals surface area contributed by atoms with Crippen LogP contribution in [0.25, 0.3) is 11.0 Å². The Kier molecular flexibility index (Phi) is 10.6. The predicted octanol–water partition coefficient (Wildman–Crippen LogP) is 1.87. The van der Waals surface area contributed by atoms with Crippen LogP contribution in [0.5, 0.6) is 0 Å². The number of anilines is 1. The number of amides is 1. The molecule has 1 aliphatic heterocycles. The molecule has 4 N–H and O–H groups in total. The van der Waals surface area contributed by atoms with E-state index < -0.39 is 50.9 Å². The van der Waals surface area contributed by atoms with Crippen molar-refractivity contribution in [1.82, 2.24) is 19.8 Å². The van der Waals surface area contributed by atoms with E-state index in [9.17, 15) is 26.7 Å². The van der Waals surface area contributed by atoms with E-state index in [-0.39, 0.29) is 48.9 Å². The van der Waals surface area contributed by atoms with E-state index in [0.717, 1.165) is 29.1 Å². The fourth-order valence-corrected chi connectivity index (χ4v) is 6.92. The average Bonchev–Trinajstić information content (AvgIpc) is 3.65. The summed E-state index contributed by atoms with van der Waals surface area (Å²) >= 11 is 0. The Hall–Kier alpha value is -3.32. The van der Waals surface area contributed by atoms with E-state index in [4.69, 9.17) is 19.0 Å². The predicted molar refractivity (Wildman–Crippen MR) is 162 cm³/mol. The van der Waals surface area contributed by atoms with E-state index in [2.05, 4.69) is 20.0 Å². The van der Waals surface area contributed by atoms with Gasteiger partial charge in [0.15, 0.2) is 6.10 Å². The summed E-state index contributed by atoms with van der Waals surface area (Å²) in [5, 5.41) is 14.2. The molecule has 0 spiro atoms. The number of benzene rings is 2. The van der Waals surface area contributed by atoms with E-state index in [1.807, 2.05) is 30.3 Å². The lowest BCUT2D eigenvalue weighted by atomic mass is 10.0. The van der Waals surface area contributed by atoms with Crippen molar-refractivity contribution in [3.05, 3.63) is 54.1 Å². The molecule has 1 saturated heterocycles. The average molecular weight is 668 g/mol. The zero-order valence-electron chi connectivity index (χ0n) is 24.6. The van der Waals surface area contributed by atoms with Crippen molar-refractivity contribution in [2.24, 2.45) is 0 Å². The highest BCUT2D eigenvalue weighted by atomic mass is 32.2. The molecule has 1 aliphatic carbocycles. The summed E-state index contributed by atoms with van der Waals surface area (Å²) < 4.78 is 70.0. The summed E-state index contributed by atoms with van der Waals surface area (Å²) in [6.07, 6.45) is 0.901. The van der Waals surface area contributed by atoms with Crippen LogP contribution >= 0.6 is 0 Å². The van der Waals surface area contributed by atoms with Gasteiger partial charge in [-0.15, -0.1) is 0 Å². The molecule has 2 atom stereocenters. The molecule has 1 amide bonds. The number of imidazole rings is 1. The molecule has 2 aromatic carbocycles. The van der Waals surface area contributed by atoms with Gasteiger partial charge in [0.2, 0.25) is 16.0 Å². The minimum atomic E-state index is -4.38. The van der Waals surface area contributed by atoms with Gasteiger partial charge in [-0.3, -0.25) is 9.56 Å². The SMILES string of the molecule is CS(=O)(=O)Nc1nc2cc(S(=O)(=O)N(C[C@@H](O)[C@H](Cc3ccccc3)NC(=O)OC3COCOC3)OC3CCCC3)ccc2[nH]1. The molecule has 5 rings (SSSR count). The number of carbonyl (C=O) groups excluding carboxylic acids is 1. The maximum atomic E-state index is 14.0. The minimum absolute atomic E-state index is 0.0652. The largest absolute Gasteiger partial charge is 0.441 e. The minimum Gasteiger partial charge on any atom is -0.441 e. The molecular weight excluding hydrogens is 630 g/mol. The number of nitrogens with zero attached hydrogens (tertiary/aromatic N) is 2. The van der Waals surface area contributed by atoms with E-state index >= 15 is 0 Å². The number of hydroxylamine groups is 1. The number of aromatic amines is 1. The van der Waals surface area contributed by atoms with Crippen LogP contribution in [0, 0.1) is 0 Å². The summed E-state index contributed by atoms with van der Waals surface area (Å²) in [6.45, 7) is -0.0842. The number of ether oxygens (including phenoxy) is 3. The maximum absolute atomic E-state index is 14.0. The summed E-state index contributed by atoms with van der Waals surface area (Å²) in [4.78, 5) is 25.6. The molecule has 17 heteroatoms. The van der Waals surface area contributed by atoms with Gasteiger partial charge in [-0.1, -0.05) is 47.6 Å². The summed E-state index contributed by atoms with van der Waals surface area (Å²) in [6, 6.07) is 12.2. The second-order valence-electron chi connectivity index (χ2n) is 11.0. The molecule has 2 heterocycles. The van der Waals surface area contributed by atoms with Crippen LogP contribution < -0.4 is 10.0 Å². The van der Waals surface area contributed by atoms with Gasteiger partial charge in [-0.05, 0) is 43.0 Å². The van der Waals surface area contributed by atoms with Crippen LogP contribution in [0.4, 0.5) is 10.7 Å². The molecule has 2 fully saturated rings. The van der Waals surface area contributed by atoms with E-state index in [1.54, 1.807) is 0 Å². The number of H-pyrrole nitrogens is 1. The van der Waals surface area contributed by atoms with Crippen molar-refractivity contribution in [3.63, 3.8) is 0 Å². The number of aliphatic hydroxyl groups is 1. The number of aliphatic hydroxyl groups excluding tert-OH is 1. The van der Waals surface area contributed by atoms with Crippen LogP contribution in [0.1, 0.15) is 31.2 Å². The Bertz CT molecular complexity index is 1660. The topological polar surface area (TPSA) is 198 Å². The highest BCUT2D eigenvalue weighted by molar-refractivity contribution is 7.92. The molecule has 0 radical (unpaired) electrons. The highest BCUT2D eigenvalue weighted by Gasteiger charge is 2.35. The molecule has 1 saturated carbocycles. The van der Waals surface area contributed by atoms with Gasteiger partial charge in [0, 0.05) is 0 Å². The lowest BCUT2D eigenvalue weighted by molar-refractivity contribution is -0.153. The van der Waals surface area contributed by atoms with Gasteiger partial charge in [0.05, 0.1) is 60.2 Å². The number of rotatable bonds is 13. The van der Waals surface area contributed by atoms with Crippen LogP contribution in [-0.4, -0.2) is 99.6 Å². The standard InChI is InChI=1S/C28H37N5O10S2/c1-44(36,37)32-27-29-23-12-11-22(14-24(23)30-27)45(38,39)33(43-20-9-5-6-10-20)15-26(34)25(13-19-7-3-2-4-8-19)31-28(35)42-21-16-40-18-41-17-21/h2-4,7-8,11-12,14,20-21,25-26,34H,5-6,9-10,13,15-18H2,1H3,(H,31,35)(H2,29,30,32)/t25-,26+/m0/s1. The summed E-state index contributed by atoms with van der Waals surface area (Å²) in [5.41, 5.74) is 1.40. The van der Waals surface area contributed by atoms with Crippen molar-refractivity contribution in [2.75, 3.05) is 37.5 Å². The smallest absolute Gasteiger partial charge is 0.407 e. The first-order chi connectivity index (χ1) is 21.5. The lowest BCUT2D eigenvalue weighted by Crippen LogP contribution is -2.52. The zero-order valence-corrected chi connectivity index (χ0v) is 26.3. The molecule has 246 valence electrons. The third-order valence-corrected chi connectivity index (χ3v) is 9.51. The highest BCUT2D eigenvalue weighted by Crippen LogP contribution is 2.28. The van der Waals surface area contributed by atoms with Crippen LogP contribution in [0.3, 0.4) is 0 Å². The number of nitrogens with one attached hydrogen (secondary N) is 3. The van der Waals surface area contributed by atoms with Crippen molar-refractivity contribution >= 4 is 43.1 Å². The van der Waals surface area contributed by atoms with E-state index in [0.29, 0.717) is 18.4 Å². The first-order valence-corrected chi connectivity index (χ1v) is 17.8. The molecule has 1 aromatic heterocycles. The number of hydrogen-bond acceptors (Lipinski definition) is 11. The van der Waals surface area contributed by atoms with E-state index in [1.165, 1.54) is 18.2 Å². The first-order valence-electron chi connectivity index (χ1n) is 14.5. The molecule has 45 heavy (non-hydrogen) atoms. The van der Waals surface area contributed by atoms with Gasteiger partial charge in [0.1, 0.15) is 6.79 Å². The number of alkyl carbamates (subject to hydrolysis) is 1.